The van der Waals surface area contributed by atoms with Crippen molar-refractivity contribution >= 4 is 11.9 Å². The summed E-state index contributed by atoms with van der Waals surface area (Å²) in [7, 11) is 0. The van der Waals surface area contributed by atoms with E-state index in [-0.39, 0.29) is 42.7 Å². The van der Waals surface area contributed by atoms with Crippen LogP contribution in [0.25, 0.3) is 0 Å². The number of nitrogens with one attached hydrogen (secondary N) is 2. The van der Waals surface area contributed by atoms with Crippen LogP contribution in [0.5, 0.6) is 0 Å². The van der Waals surface area contributed by atoms with Crippen LogP contribution in [0.2, 0.25) is 0 Å². The van der Waals surface area contributed by atoms with Crippen molar-refractivity contribution in [2.45, 2.75) is 108 Å². The first kappa shape index (κ1) is 31.7. The zero-order valence-corrected chi connectivity index (χ0v) is 23.9. The Balaban J connectivity index is 1.78. The second-order valence-corrected chi connectivity index (χ2v) is 12.2. The standard InChI is InChI=1S/C32H44F2N2O4/c1-31(2,3)23-10-9-11-24(19-23)32(14-7-4-8-15-32)35-21-28(37)27(18-22-16-25(33)20-26(34)17-22)36-29(38)12-5-6-13-30(39)40/h9-11,16-17,19-20,27-28,35,37H,4-8,12-15,18,21H2,1-3H3,(H,36,38)(H,39,40)/t27-,28-/m0/s1. The van der Waals surface area contributed by atoms with E-state index in [9.17, 15) is 23.5 Å². The Bertz CT molecular complexity index is 1120. The van der Waals surface area contributed by atoms with E-state index in [0.717, 1.165) is 38.2 Å². The molecule has 8 heteroatoms. The van der Waals surface area contributed by atoms with Gasteiger partial charge in [-0.05, 0) is 66.3 Å². The summed E-state index contributed by atoms with van der Waals surface area (Å²) >= 11 is 0. The summed E-state index contributed by atoms with van der Waals surface area (Å²) < 4.78 is 27.8. The molecule has 0 aromatic heterocycles. The number of rotatable bonds is 13. The maximum absolute atomic E-state index is 13.9. The van der Waals surface area contributed by atoms with Crippen molar-refractivity contribution in [3.05, 3.63) is 70.8 Å². The third-order valence-electron chi connectivity index (χ3n) is 7.87. The van der Waals surface area contributed by atoms with Gasteiger partial charge in [-0.2, -0.15) is 0 Å². The minimum absolute atomic E-state index is 0.00848. The fraction of sp³-hybridized carbons (Fsp3) is 0.562. The molecule has 1 saturated carbocycles. The molecule has 6 nitrogen and oxygen atoms in total. The van der Waals surface area contributed by atoms with Gasteiger partial charge in [0.05, 0.1) is 12.1 Å². The molecule has 0 spiro atoms. The number of hydrogen-bond acceptors (Lipinski definition) is 4. The molecule has 1 fully saturated rings. The number of aliphatic carboxylic acids is 1. The molecule has 40 heavy (non-hydrogen) atoms. The van der Waals surface area contributed by atoms with E-state index in [0.29, 0.717) is 18.4 Å². The molecule has 1 aliphatic carbocycles. The van der Waals surface area contributed by atoms with Gasteiger partial charge >= 0.3 is 5.97 Å². The monoisotopic (exact) mass is 558 g/mol. The number of amides is 1. The van der Waals surface area contributed by atoms with Crippen molar-refractivity contribution in [1.82, 2.24) is 10.6 Å². The van der Waals surface area contributed by atoms with E-state index < -0.39 is 29.7 Å². The number of carboxylic acid groups (broad SMARTS) is 1. The van der Waals surface area contributed by atoms with E-state index in [2.05, 4.69) is 55.7 Å². The normalized spacial score (nSPS) is 16.8. The van der Waals surface area contributed by atoms with E-state index in [1.807, 2.05) is 0 Å². The average molecular weight is 559 g/mol. The molecule has 0 radical (unpaired) electrons. The number of carbonyl (C=O) groups excluding carboxylic acids is 1. The van der Waals surface area contributed by atoms with Gasteiger partial charge in [-0.25, -0.2) is 8.78 Å². The van der Waals surface area contributed by atoms with Crippen molar-refractivity contribution < 1.29 is 28.6 Å². The number of halogens is 2. The van der Waals surface area contributed by atoms with Crippen molar-refractivity contribution in [1.29, 1.82) is 0 Å². The van der Waals surface area contributed by atoms with Crippen molar-refractivity contribution in [2.75, 3.05) is 6.54 Å². The van der Waals surface area contributed by atoms with Crippen LogP contribution in [0.3, 0.4) is 0 Å². The van der Waals surface area contributed by atoms with Crippen LogP contribution in [0.4, 0.5) is 8.78 Å². The molecule has 1 aliphatic rings. The Morgan fingerprint density at radius 3 is 2.25 bits per heavy atom. The zero-order valence-electron chi connectivity index (χ0n) is 23.9. The summed E-state index contributed by atoms with van der Waals surface area (Å²) in [5, 5.41) is 26.6. The third kappa shape index (κ3) is 9.37. The lowest BCUT2D eigenvalue weighted by Crippen LogP contribution is -2.53. The summed E-state index contributed by atoms with van der Waals surface area (Å²) in [5.41, 5.74) is 2.41. The van der Waals surface area contributed by atoms with Crippen LogP contribution in [0.1, 0.15) is 95.2 Å². The fourth-order valence-corrected chi connectivity index (χ4v) is 5.56. The molecule has 0 heterocycles. The minimum atomic E-state index is -1.03. The molecule has 4 N–H and O–H groups in total. The number of hydrogen-bond donors (Lipinski definition) is 4. The molecule has 2 aromatic rings. The average Bonchev–Trinajstić information content (AvgIpc) is 2.89. The van der Waals surface area contributed by atoms with Gasteiger partial charge in [-0.15, -0.1) is 0 Å². The predicted octanol–water partition coefficient (Wildman–Crippen LogP) is 5.74. The lowest BCUT2D eigenvalue weighted by atomic mass is 9.74. The topological polar surface area (TPSA) is 98.7 Å². The lowest BCUT2D eigenvalue weighted by molar-refractivity contribution is -0.137. The number of benzene rings is 2. The largest absolute Gasteiger partial charge is 0.481 e. The highest BCUT2D eigenvalue weighted by Gasteiger charge is 2.35. The Labute approximate surface area is 236 Å². The molecular formula is C32H44F2N2O4. The van der Waals surface area contributed by atoms with Gasteiger partial charge in [0.25, 0.3) is 0 Å². The summed E-state index contributed by atoms with van der Waals surface area (Å²) in [4.78, 5) is 23.5. The van der Waals surface area contributed by atoms with Crippen LogP contribution in [0, 0.1) is 11.6 Å². The van der Waals surface area contributed by atoms with E-state index in [4.69, 9.17) is 5.11 Å². The van der Waals surface area contributed by atoms with Gasteiger partial charge in [0.2, 0.25) is 5.91 Å². The Morgan fingerprint density at radius 2 is 1.62 bits per heavy atom. The molecule has 0 unspecified atom stereocenters. The highest BCUT2D eigenvalue weighted by molar-refractivity contribution is 5.76. The molecule has 220 valence electrons. The molecule has 0 bridgehead atoms. The minimum Gasteiger partial charge on any atom is -0.481 e. The van der Waals surface area contributed by atoms with E-state index in [1.54, 1.807) is 0 Å². The second-order valence-electron chi connectivity index (χ2n) is 12.2. The first-order valence-electron chi connectivity index (χ1n) is 14.4. The van der Waals surface area contributed by atoms with E-state index in [1.165, 1.54) is 23.3 Å². The SMILES string of the molecule is CC(C)(C)c1cccc(C2(NC[C@H](O)[C@H](Cc3cc(F)cc(F)c3)NC(=O)CCCCC(=O)O)CCCCC2)c1. The van der Waals surface area contributed by atoms with Crippen LogP contribution in [-0.4, -0.2) is 40.8 Å². The number of aliphatic hydroxyl groups excluding tert-OH is 1. The molecule has 1 amide bonds. The van der Waals surface area contributed by atoms with Crippen molar-refractivity contribution in [3.8, 4) is 0 Å². The number of unbranched alkanes of at least 4 members (excludes halogenated alkanes) is 1. The molecule has 0 aliphatic heterocycles. The third-order valence-corrected chi connectivity index (χ3v) is 7.87. The lowest BCUT2D eigenvalue weighted by Gasteiger charge is -2.41. The number of carboxylic acids is 1. The first-order chi connectivity index (χ1) is 18.9. The zero-order chi connectivity index (χ0) is 29.3. The summed E-state index contributed by atoms with van der Waals surface area (Å²) in [6, 6.07) is 11.0. The highest BCUT2D eigenvalue weighted by atomic mass is 19.1. The Kier molecular flexibility index (Phi) is 11.2. The Morgan fingerprint density at radius 1 is 0.975 bits per heavy atom. The number of aliphatic hydroxyl groups is 1. The maximum atomic E-state index is 13.9. The quantitative estimate of drug-likeness (QED) is 0.235. The molecule has 2 aromatic carbocycles. The first-order valence-corrected chi connectivity index (χ1v) is 14.4. The second kappa shape index (κ2) is 14.2. The van der Waals surface area contributed by atoms with Crippen molar-refractivity contribution in [2.24, 2.45) is 0 Å². The summed E-state index contributed by atoms with van der Waals surface area (Å²) in [6.07, 6.45) is 4.95. The van der Waals surface area contributed by atoms with Crippen LogP contribution < -0.4 is 10.6 Å². The van der Waals surface area contributed by atoms with Gasteiger partial charge < -0.3 is 20.8 Å². The van der Waals surface area contributed by atoms with Gasteiger partial charge in [0.15, 0.2) is 0 Å². The summed E-state index contributed by atoms with van der Waals surface area (Å²) in [5.74, 6) is -2.70. The van der Waals surface area contributed by atoms with Gasteiger partial charge in [0, 0.05) is 31.0 Å². The van der Waals surface area contributed by atoms with E-state index >= 15 is 0 Å². The van der Waals surface area contributed by atoms with Crippen LogP contribution >= 0.6 is 0 Å². The molecule has 0 saturated heterocycles. The van der Waals surface area contributed by atoms with Gasteiger partial charge in [0.1, 0.15) is 11.6 Å². The van der Waals surface area contributed by atoms with Crippen LogP contribution in [-0.2, 0) is 27.0 Å². The maximum Gasteiger partial charge on any atom is 0.303 e. The van der Waals surface area contributed by atoms with Gasteiger partial charge in [-0.3, -0.25) is 9.59 Å². The van der Waals surface area contributed by atoms with Crippen molar-refractivity contribution in [3.63, 3.8) is 0 Å². The predicted molar refractivity (Wildman–Crippen MR) is 152 cm³/mol. The summed E-state index contributed by atoms with van der Waals surface area (Å²) in [6.45, 7) is 6.73. The molecular weight excluding hydrogens is 514 g/mol. The Hall–Kier alpha value is -2.84. The van der Waals surface area contributed by atoms with Crippen LogP contribution in [0.15, 0.2) is 42.5 Å². The highest BCUT2D eigenvalue weighted by Crippen LogP contribution is 2.38. The molecule has 2 atom stereocenters. The van der Waals surface area contributed by atoms with Gasteiger partial charge in [-0.1, -0.05) is 64.3 Å². The molecule has 3 rings (SSSR count). The smallest absolute Gasteiger partial charge is 0.303 e. The number of carbonyl (C=O) groups is 2. The fourth-order valence-electron chi connectivity index (χ4n) is 5.56.